The van der Waals surface area contributed by atoms with Crippen LogP contribution in [-0.4, -0.2) is 42.6 Å². The van der Waals surface area contributed by atoms with Crippen LogP contribution in [0.15, 0.2) is 42.5 Å². The molecule has 0 atom stereocenters. The number of nitrogens with one attached hydrogen (secondary N) is 1. The third kappa shape index (κ3) is 5.66. The summed E-state index contributed by atoms with van der Waals surface area (Å²) in [4.78, 5) is 8.93. The van der Waals surface area contributed by atoms with Gasteiger partial charge >= 0.3 is 0 Å². The van der Waals surface area contributed by atoms with E-state index in [1.165, 1.54) is 32.1 Å². The van der Waals surface area contributed by atoms with Crippen molar-refractivity contribution in [3.8, 4) is 16.9 Å². The Balaban J connectivity index is 0.000000433. The number of fused-ring (bicyclic) bond motifs is 1. The molecule has 2 aliphatic rings. The van der Waals surface area contributed by atoms with Gasteiger partial charge in [0.25, 0.3) is 0 Å². The lowest BCUT2D eigenvalue weighted by molar-refractivity contribution is 0.0692. The minimum atomic E-state index is 0.309. The molecule has 5 rings (SSSR count). The second-order valence-electron chi connectivity index (χ2n) is 8.01. The first-order valence-electron chi connectivity index (χ1n) is 11.5. The van der Waals surface area contributed by atoms with E-state index >= 15 is 0 Å². The van der Waals surface area contributed by atoms with Crippen LogP contribution in [0.1, 0.15) is 39.0 Å². The Labute approximate surface area is 189 Å². The predicted octanol–water partition coefficient (Wildman–Crippen LogP) is 5.01. The van der Waals surface area contributed by atoms with Crippen LogP contribution in [0.25, 0.3) is 22.0 Å². The van der Waals surface area contributed by atoms with E-state index in [0.29, 0.717) is 25.4 Å². The molecule has 1 aliphatic heterocycles. The van der Waals surface area contributed by atoms with Crippen molar-refractivity contribution in [2.24, 2.45) is 0 Å². The minimum absolute atomic E-state index is 0.309. The van der Waals surface area contributed by atoms with Crippen molar-refractivity contribution in [1.82, 2.24) is 9.97 Å². The average Bonchev–Trinajstić information content (AvgIpc) is 3.41. The third-order valence-corrected chi connectivity index (χ3v) is 5.70. The predicted molar refractivity (Wildman–Crippen MR) is 128 cm³/mol. The Hall–Kier alpha value is -2.90. The largest absolute Gasteiger partial charge is 0.493 e. The summed E-state index contributed by atoms with van der Waals surface area (Å²) < 4.78 is 15.3. The molecule has 1 saturated heterocycles. The smallest absolute Gasteiger partial charge is 0.222 e. The van der Waals surface area contributed by atoms with Gasteiger partial charge in [0, 0.05) is 17.0 Å². The van der Waals surface area contributed by atoms with Crippen LogP contribution in [0.3, 0.4) is 0 Å². The first kappa shape index (κ1) is 22.3. The first-order valence-corrected chi connectivity index (χ1v) is 11.5. The van der Waals surface area contributed by atoms with Crippen molar-refractivity contribution in [1.29, 1.82) is 0 Å². The number of anilines is 2. The standard InChI is InChI=1S/C22H26N4O.C3H6O2/c1-2-27-20-11-7-6-10-17(20)15-12-13-19-18(14-15)21(26-22(23)25-19)24-16-8-4-3-5-9-16;1-2-5-3-4-1/h6-7,10-14,16H,2-5,8-9H2,1H3,(H3,23,24,25,26);1-3H2. The van der Waals surface area contributed by atoms with Gasteiger partial charge in [-0.05, 0) is 43.5 Å². The molecule has 0 unspecified atom stereocenters. The summed E-state index contributed by atoms with van der Waals surface area (Å²) in [6, 6.07) is 14.8. The molecule has 0 spiro atoms. The lowest BCUT2D eigenvalue weighted by Gasteiger charge is -2.24. The van der Waals surface area contributed by atoms with Gasteiger partial charge < -0.3 is 25.3 Å². The second-order valence-corrected chi connectivity index (χ2v) is 8.01. The molecule has 0 amide bonds. The van der Waals surface area contributed by atoms with Crippen LogP contribution >= 0.6 is 0 Å². The van der Waals surface area contributed by atoms with Crippen LogP contribution in [0.5, 0.6) is 5.75 Å². The van der Waals surface area contributed by atoms with Gasteiger partial charge in [-0.25, -0.2) is 4.98 Å². The summed E-state index contributed by atoms with van der Waals surface area (Å²) in [5.74, 6) is 2.03. The number of ether oxygens (including phenoxy) is 3. The normalized spacial score (nSPS) is 16.4. The Morgan fingerprint density at radius 2 is 1.81 bits per heavy atom. The van der Waals surface area contributed by atoms with Crippen LogP contribution in [-0.2, 0) is 9.47 Å². The number of rotatable bonds is 5. The highest BCUT2D eigenvalue weighted by atomic mass is 16.7. The molecular formula is C25H32N4O3. The zero-order valence-corrected chi connectivity index (χ0v) is 18.7. The Morgan fingerprint density at radius 1 is 1.03 bits per heavy atom. The average molecular weight is 437 g/mol. The maximum absolute atomic E-state index is 5.96. The van der Waals surface area contributed by atoms with Gasteiger partial charge in [0.05, 0.1) is 25.3 Å². The summed E-state index contributed by atoms with van der Waals surface area (Å²) >= 11 is 0. The molecule has 1 saturated carbocycles. The lowest BCUT2D eigenvalue weighted by atomic mass is 9.95. The highest BCUT2D eigenvalue weighted by molar-refractivity contribution is 5.94. The zero-order valence-electron chi connectivity index (χ0n) is 18.7. The van der Waals surface area contributed by atoms with E-state index in [2.05, 4.69) is 33.5 Å². The summed E-state index contributed by atoms with van der Waals surface area (Å²) in [6.45, 7) is 4.69. The molecule has 2 heterocycles. The van der Waals surface area contributed by atoms with Gasteiger partial charge in [0.15, 0.2) is 0 Å². The number of para-hydroxylation sites is 1. The molecule has 0 radical (unpaired) electrons. The molecule has 3 N–H and O–H groups in total. The number of nitrogens with zero attached hydrogens (tertiary/aromatic N) is 2. The number of benzene rings is 2. The van der Waals surface area contributed by atoms with Gasteiger partial charge in [-0.2, -0.15) is 4.98 Å². The third-order valence-electron chi connectivity index (χ3n) is 5.70. The van der Waals surface area contributed by atoms with E-state index in [1.807, 2.05) is 31.2 Å². The van der Waals surface area contributed by atoms with E-state index in [1.54, 1.807) is 0 Å². The van der Waals surface area contributed by atoms with Crippen molar-refractivity contribution in [2.75, 3.05) is 37.7 Å². The van der Waals surface area contributed by atoms with Crippen LogP contribution in [0.2, 0.25) is 0 Å². The molecule has 170 valence electrons. The molecule has 1 aliphatic carbocycles. The molecule has 7 heteroatoms. The maximum Gasteiger partial charge on any atom is 0.222 e. The fourth-order valence-corrected chi connectivity index (χ4v) is 4.15. The van der Waals surface area contributed by atoms with E-state index in [0.717, 1.165) is 46.8 Å². The fraction of sp³-hybridized carbons (Fsp3) is 0.440. The summed E-state index contributed by atoms with van der Waals surface area (Å²) in [7, 11) is 0. The van der Waals surface area contributed by atoms with Gasteiger partial charge in [-0.1, -0.05) is 43.5 Å². The maximum atomic E-state index is 5.96. The van der Waals surface area contributed by atoms with E-state index in [4.69, 9.17) is 19.9 Å². The highest BCUT2D eigenvalue weighted by Crippen LogP contribution is 2.34. The highest BCUT2D eigenvalue weighted by Gasteiger charge is 2.16. The van der Waals surface area contributed by atoms with Crippen molar-refractivity contribution in [2.45, 2.75) is 45.1 Å². The van der Waals surface area contributed by atoms with E-state index in [9.17, 15) is 0 Å². The topological polar surface area (TPSA) is 91.5 Å². The van der Waals surface area contributed by atoms with Gasteiger partial charge in [0.1, 0.15) is 18.4 Å². The summed E-state index contributed by atoms with van der Waals surface area (Å²) in [5, 5.41) is 4.62. The zero-order chi connectivity index (χ0) is 22.2. The molecule has 2 aromatic carbocycles. The Morgan fingerprint density at radius 3 is 2.53 bits per heavy atom. The van der Waals surface area contributed by atoms with E-state index in [-0.39, 0.29) is 0 Å². The number of hydrogen-bond acceptors (Lipinski definition) is 7. The van der Waals surface area contributed by atoms with Crippen LogP contribution in [0.4, 0.5) is 11.8 Å². The number of hydrogen-bond donors (Lipinski definition) is 2. The van der Waals surface area contributed by atoms with Crippen LogP contribution < -0.4 is 15.8 Å². The second kappa shape index (κ2) is 11.1. The molecule has 0 bridgehead atoms. The molecule has 2 fully saturated rings. The SMILES string of the molecule is C1COCO1.CCOc1ccccc1-c1ccc2nc(N)nc(NC3CCCCC3)c2c1. The van der Waals surface area contributed by atoms with Gasteiger partial charge in [-0.15, -0.1) is 0 Å². The van der Waals surface area contributed by atoms with Crippen molar-refractivity contribution < 1.29 is 14.2 Å². The summed E-state index contributed by atoms with van der Waals surface area (Å²) in [6.07, 6.45) is 6.21. The summed E-state index contributed by atoms with van der Waals surface area (Å²) in [5.41, 5.74) is 8.98. The quantitative estimate of drug-likeness (QED) is 0.581. The van der Waals surface area contributed by atoms with Crippen molar-refractivity contribution in [3.63, 3.8) is 0 Å². The van der Waals surface area contributed by atoms with Crippen LogP contribution in [0, 0.1) is 0 Å². The Kier molecular flexibility index (Phi) is 7.74. The molecule has 3 aromatic rings. The number of nitrogens with two attached hydrogens (primary N) is 1. The first-order chi connectivity index (χ1) is 15.7. The van der Waals surface area contributed by atoms with E-state index < -0.39 is 0 Å². The van der Waals surface area contributed by atoms with Gasteiger partial charge in [-0.3, -0.25) is 0 Å². The van der Waals surface area contributed by atoms with Crippen molar-refractivity contribution >= 4 is 22.7 Å². The number of aromatic nitrogens is 2. The van der Waals surface area contributed by atoms with Gasteiger partial charge in [0.2, 0.25) is 5.95 Å². The number of nitrogen functional groups attached to an aromatic ring is 1. The molecular weight excluding hydrogens is 404 g/mol. The monoisotopic (exact) mass is 436 g/mol. The molecule has 1 aromatic heterocycles. The van der Waals surface area contributed by atoms with Crippen molar-refractivity contribution in [3.05, 3.63) is 42.5 Å². The minimum Gasteiger partial charge on any atom is -0.493 e. The molecule has 7 nitrogen and oxygen atoms in total. The molecule has 32 heavy (non-hydrogen) atoms. The lowest BCUT2D eigenvalue weighted by Crippen LogP contribution is -2.23. The fourth-order valence-electron chi connectivity index (χ4n) is 4.15. The Bertz CT molecular complexity index is 1010.